The number of hydrogen-bond donors (Lipinski definition) is 2. The minimum Gasteiger partial charge on any atom is -0.392 e. The first kappa shape index (κ1) is 8.52. The zero-order valence-electron chi connectivity index (χ0n) is 7.22. The van der Waals surface area contributed by atoms with Crippen LogP contribution < -0.4 is 5.32 Å². The van der Waals surface area contributed by atoms with Crippen molar-refractivity contribution < 1.29 is 5.11 Å². The molecule has 2 N–H and O–H groups in total. The van der Waals surface area contributed by atoms with Crippen molar-refractivity contribution in [2.75, 3.05) is 13.1 Å². The Kier molecular flexibility index (Phi) is 2.47. The summed E-state index contributed by atoms with van der Waals surface area (Å²) >= 11 is 0. The van der Waals surface area contributed by atoms with Gasteiger partial charge < -0.3 is 10.4 Å². The van der Waals surface area contributed by atoms with Gasteiger partial charge in [0.1, 0.15) is 18.5 Å². The van der Waals surface area contributed by atoms with Crippen LogP contribution in [0, 0.1) is 0 Å². The van der Waals surface area contributed by atoms with Crippen molar-refractivity contribution >= 4 is 0 Å². The van der Waals surface area contributed by atoms with Gasteiger partial charge in [-0.25, -0.2) is 15.0 Å². The first-order chi connectivity index (χ1) is 6.36. The summed E-state index contributed by atoms with van der Waals surface area (Å²) in [6.45, 7) is 1.50. The van der Waals surface area contributed by atoms with Gasteiger partial charge in [0.25, 0.3) is 0 Å². The maximum Gasteiger partial charge on any atom is 0.136 e. The molecule has 2 atom stereocenters. The molecular weight excluding hydrogens is 168 g/mol. The second kappa shape index (κ2) is 3.76. The van der Waals surface area contributed by atoms with Crippen LogP contribution in [0.3, 0.4) is 0 Å². The Morgan fingerprint density at radius 1 is 1.31 bits per heavy atom. The van der Waals surface area contributed by atoms with Crippen LogP contribution in [0.1, 0.15) is 18.2 Å². The lowest BCUT2D eigenvalue weighted by Gasteiger charge is -2.25. The molecule has 1 aromatic heterocycles. The molecule has 1 aliphatic heterocycles. The van der Waals surface area contributed by atoms with Crippen molar-refractivity contribution in [3.63, 3.8) is 0 Å². The number of nitrogens with one attached hydrogen (secondary N) is 1. The highest BCUT2D eigenvalue weighted by atomic mass is 16.3. The van der Waals surface area contributed by atoms with E-state index >= 15 is 0 Å². The Labute approximate surface area is 76.3 Å². The first-order valence-electron chi connectivity index (χ1n) is 4.37. The predicted molar refractivity (Wildman–Crippen MR) is 46.1 cm³/mol. The SMILES string of the molecule is OC1CNCC(c2ncncn2)C1. The van der Waals surface area contributed by atoms with Gasteiger partial charge >= 0.3 is 0 Å². The normalized spacial score (nSPS) is 28.7. The van der Waals surface area contributed by atoms with E-state index in [0.717, 1.165) is 18.8 Å². The molecule has 0 aromatic carbocycles. The molecule has 1 aromatic rings. The average Bonchev–Trinajstić information content (AvgIpc) is 2.19. The van der Waals surface area contributed by atoms with Crippen molar-refractivity contribution in [2.24, 2.45) is 0 Å². The molecule has 0 amide bonds. The molecule has 1 aliphatic rings. The third kappa shape index (κ3) is 1.99. The fourth-order valence-electron chi connectivity index (χ4n) is 1.57. The van der Waals surface area contributed by atoms with Gasteiger partial charge in [0, 0.05) is 19.0 Å². The Morgan fingerprint density at radius 2 is 2.08 bits per heavy atom. The zero-order chi connectivity index (χ0) is 9.10. The Bertz CT molecular complexity index is 266. The summed E-state index contributed by atoms with van der Waals surface area (Å²) in [5.41, 5.74) is 0. The van der Waals surface area contributed by atoms with Crippen LogP contribution in [-0.4, -0.2) is 39.3 Å². The molecule has 0 spiro atoms. The predicted octanol–water partition coefficient (Wildman–Crippen LogP) is -0.691. The lowest BCUT2D eigenvalue weighted by Crippen LogP contribution is -2.38. The minimum absolute atomic E-state index is 0.215. The summed E-state index contributed by atoms with van der Waals surface area (Å²) in [6, 6.07) is 0. The number of rotatable bonds is 1. The Balaban J connectivity index is 2.08. The Hall–Kier alpha value is -1.07. The summed E-state index contributed by atoms with van der Waals surface area (Å²) in [5.74, 6) is 0.980. The van der Waals surface area contributed by atoms with Crippen molar-refractivity contribution in [2.45, 2.75) is 18.4 Å². The monoisotopic (exact) mass is 180 g/mol. The quantitative estimate of drug-likeness (QED) is 0.598. The van der Waals surface area contributed by atoms with Crippen molar-refractivity contribution in [1.82, 2.24) is 20.3 Å². The van der Waals surface area contributed by atoms with E-state index in [1.165, 1.54) is 12.7 Å². The molecular formula is C8H12N4O. The lowest BCUT2D eigenvalue weighted by atomic mass is 9.97. The van der Waals surface area contributed by atoms with Crippen LogP contribution in [0.4, 0.5) is 0 Å². The number of aliphatic hydroxyl groups is 1. The van der Waals surface area contributed by atoms with E-state index in [1.54, 1.807) is 0 Å². The van der Waals surface area contributed by atoms with Crippen LogP contribution in [-0.2, 0) is 0 Å². The van der Waals surface area contributed by atoms with E-state index in [1.807, 2.05) is 0 Å². The minimum atomic E-state index is -0.282. The van der Waals surface area contributed by atoms with Gasteiger partial charge in [0.15, 0.2) is 0 Å². The van der Waals surface area contributed by atoms with Crippen LogP contribution in [0.2, 0.25) is 0 Å². The highest BCUT2D eigenvalue weighted by Crippen LogP contribution is 2.18. The average molecular weight is 180 g/mol. The summed E-state index contributed by atoms with van der Waals surface area (Å²) in [6.07, 6.45) is 3.43. The summed E-state index contributed by atoms with van der Waals surface area (Å²) in [5, 5.41) is 12.5. The van der Waals surface area contributed by atoms with Gasteiger partial charge in [-0.1, -0.05) is 0 Å². The molecule has 5 nitrogen and oxygen atoms in total. The van der Waals surface area contributed by atoms with Crippen LogP contribution in [0.25, 0.3) is 0 Å². The fraction of sp³-hybridized carbons (Fsp3) is 0.625. The van der Waals surface area contributed by atoms with Crippen molar-refractivity contribution in [3.05, 3.63) is 18.5 Å². The van der Waals surface area contributed by atoms with E-state index in [-0.39, 0.29) is 12.0 Å². The first-order valence-corrected chi connectivity index (χ1v) is 4.37. The molecule has 2 rings (SSSR count). The second-order valence-corrected chi connectivity index (χ2v) is 3.24. The third-order valence-corrected chi connectivity index (χ3v) is 2.21. The number of aromatic nitrogens is 3. The van der Waals surface area contributed by atoms with Crippen LogP contribution in [0.5, 0.6) is 0 Å². The highest BCUT2D eigenvalue weighted by molar-refractivity contribution is 4.98. The highest BCUT2D eigenvalue weighted by Gasteiger charge is 2.22. The van der Waals surface area contributed by atoms with Gasteiger partial charge in [-0.15, -0.1) is 0 Å². The van der Waals surface area contributed by atoms with Crippen LogP contribution >= 0.6 is 0 Å². The molecule has 70 valence electrons. The van der Waals surface area contributed by atoms with E-state index in [2.05, 4.69) is 20.3 Å². The van der Waals surface area contributed by atoms with Crippen molar-refractivity contribution in [3.8, 4) is 0 Å². The molecule has 2 heterocycles. The van der Waals surface area contributed by atoms with Gasteiger partial charge in [-0.3, -0.25) is 0 Å². The van der Waals surface area contributed by atoms with Gasteiger partial charge in [0.2, 0.25) is 0 Å². The topological polar surface area (TPSA) is 70.9 Å². The second-order valence-electron chi connectivity index (χ2n) is 3.24. The van der Waals surface area contributed by atoms with E-state index in [0.29, 0.717) is 6.54 Å². The number of hydrogen-bond acceptors (Lipinski definition) is 5. The van der Waals surface area contributed by atoms with Crippen LogP contribution in [0.15, 0.2) is 12.7 Å². The molecule has 0 saturated carbocycles. The maximum absolute atomic E-state index is 9.41. The lowest BCUT2D eigenvalue weighted by molar-refractivity contribution is 0.130. The zero-order valence-corrected chi connectivity index (χ0v) is 7.22. The number of piperidine rings is 1. The molecule has 2 unspecified atom stereocenters. The smallest absolute Gasteiger partial charge is 0.136 e. The summed E-state index contributed by atoms with van der Waals surface area (Å²) in [7, 11) is 0. The summed E-state index contributed by atoms with van der Waals surface area (Å²) in [4.78, 5) is 11.9. The molecule has 0 aliphatic carbocycles. The van der Waals surface area contributed by atoms with Gasteiger partial charge in [-0.05, 0) is 6.42 Å². The number of aliphatic hydroxyl groups excluding tert-OH is 1. The van der Waals surface area contributed by atoms with E-state index in [4.69, 9.17) is 0 Å². The van der Waals surface area contributed by atoms with Gasteiger partial charge in [-0.2, -0.15) is 0 Å². The van der Waals surface area contributed by atoms with Gasteiger partial charge in [0.05, 0.1) is 6.10 Å². The summed E-state index contributed by atoms with van der Waals surface area (Å²) < 4.78 is 0. The number of β-amino-alcohol motifs (C(OH)–C–C–N with tert-alkyl or cyclic N) is 1. The molecule has 0 bridgehead atoms. The molecule has 13 heavy (non-hydrogen) atoms. The van der Waals surface area contributed by atoms with Crippen molar-refractivity contribution in [1.29, 1.82) is 0 Å². The molecule has 1 fully saturated rings. The fourth-order valence-corrected chi connectivity index (χ4v) is 1.57. The maximum atomic E-state index is 9.41. The molecule has 5 heteroatoms. The molecule has 0 radical (unpaired) electrons. The number of nitrogens with zero attached hydrogens (tertiary/aromatic N) is 3. The third-order valence-electron chi connectivity index (χ3n) is 2.21. The largest absolute Gasteiger partial charge is 0.392 e. The van der Waals surface area contributed by atoms with E-state index < -0.39 is 0 Å². The molecule has 1 saturated heterocycles. The van der Waals surface area contributed by atoms with E-state index in [9.17, 15) is 5.11 Å². The Morgan fingerprint density at radius 3 is 2.77 bits per heavy atom. The standard InChI is InChI=1S/C8H12N4O/c13-7-1-6(2-9-3-7)8-11-4-10-5-12-8/h4-7,9,13H,1-3H2.